The standard InChI is InChI=1S/C24H23N3O5S2/c1-4-27-21-19(31-2)13-14-20(32-3)22(21)33-24(27)25-23(28)16-9-8-10-17(15-16)26-34(29,30)18-11-6-5-7-12-18/h5-15,26H,4H2,1-3H3. The number of nitrogens with one attached hydrogen (secondary N) is 1. The van der Waals surface area contributed by atoms with E-state index in [9.17, 15) is 13.2 Å². The molecule has 0 saturated heterocycles. The SMILES string of the molecule is CCn1c(=NC(=O)c2cccc(NS(=O)(=O)c3ccccc3)c2)sc2c(OC)ccc(OC)c21. The first-order valence-corrected chi connectivity index (χ1v) is 12.7. The Morgan fingerprint density at radius 2 is 1.71 bits per heavy atom. The topological polar surface area (TPSA) is 99.0 Å². The van der Waals surface area contributed by atoms with Crippen LogP contribution in [0.3, 0.4) is 0 Å². The van der Waals surface area contributed by atoms with Gasteiger partial charge in [-0.1, -0.05) is 35.6 Å². The average molecular weight is 498 g/mol. The molecule has 176 valence electrons. The molecule has 0 radical (unpaired) electrons. The second kappa shape index (κ2) is 9.70. The van der Waals surface area contributed by atoms with Gasteiger partial charge in [0.05, 0.1) is 19.1 Å². The maximum atomic E-state index is 13.0. The van der Waals surface area contributed by atoms with Crippen molar-refractivity contribution in [3.05, 3.63) is 77.1 Å². The summed E-state index contributed by atoms with van der Waals surface area (Å²) in [6.07, 6.45) is 0. The van der Waals surface area contributed by atoms with Crippen LogP contribution in [0.1, 0.15) is 17.3 Å². The lowest BCUT2D eigenvalue weighted by Crippen LogP contribution is -2.16. The van der Waals surface area contributed by atoms with E-state index < -0.39 is 15.9 Å². The molecule has 0 spiro atoms. The van der Waals surface area contributed by atoms with E-state index in [0.717, 1.165) is 10.2 Å². The quantitative estimate of drug-likeness (QED) is 0.411. The Kier molecular flexibility index (Phi) is 6.71. The van der Waals surface area contributed by atoms with Crippen molar-refractivity contribution in [1.82, 2.24) is 4.57 Å². The minimum atomic E-state index is -3.78. The maximum Gasteiger partial charge on any atom is 0.279 e. The lowest BCUT2D eigenvalue weighted by molar-refractivity contribution is 0.0998. The molecular formula is C24H23N3O5S2. The number of methoxy groups -OCH3 is 2. The fourth-order valence-electron chi connectivity index (χ4n) is 3.51. The molecular weight excluding hydrogens is 474 g/mol. The molecule has 0 saturated carbocycles. The van der Waals surface area contributed by atoms with Crippen LogP contribution in [-0.2, 0) is 16.6 Å². The van der Waals surface area contributed by atoms with Gasteiger partial charge in [0.15, 0.2) is 4.80 Å². The van der Waals surface area contributed by atoms with Gasteiger partial charge in [-0.15, -0.1) is 0 Å². The van der Waals surface area contributed by atoms with E-state index in [1.54, 1.807) is 50.6 Å². The van der Waals surface area contributed by atoms with Crippen molar-refractivity contribution in [2.75, 3.05) is 18.9 Å². The van der Waals surface area contributed by atoms with Gasteiger partial charge in [-0.2, -0.15) is 4.99 Å². The van der Waals surface area contributed by atoms with Crippen molar-refractivity contribution < 1.29 is 22.7 Å². The first-order chi connectivity index (χ1) is 16.4. The Morgan fingerprint density at radius 3 is 2.38 bits per heavy atom. The number of fused-ring (bicyclic) bond motifs is 1. The van der Waals surface area contributed by atoms with Gasteiger partial charge in [-0.25, -0.2) is 8.42 Å². The van der Waals surface area contributed by atoms with Crippen LogP contribution < -0.4 is 19.0 Å². The minimum Gasteiger partial charge on any atom is -0.495 e. The van der Waals surface area contributed by atoms with Crippen LogP contribution in [0.5, 0.6) is 11.5 Å². The Labute approximate surface area is 201 Å². The second-order valence-electron chi connectivity index (χ2n) is 7.19. The van der Waals surface area contributed by atoms with E-state index in [0.29, 0.717) is 22.8 Å². The Hall–Kier alpha value is -3.63. The van der Waals surface area contributed by atoms with Crippen LogP contribution in [0.15, 0.2) is 76.6 Å². The van der Waals surface area contributed by atoms with Gasteiger partial charge in [0, 0.05) is 17.8 Å². The van der Waals surface area contributed by atoms with Crippen molar-refractivity contribution >= 4 is 43.2 Å². The number of nitrogens with zero attached hydrogens (tertiary/aromatic N) is 2. The first-order valence-electron chi connectivity index (χ1n) is 10.4. The smallest absolute Gasteiger partial charge is 0.279 e. The molecule has 1 heterocycles. The highest BCUT2D eigenvalue weighted by molar-refractivity contribution is 7.92. The fraction of sp³-hybridized carbons (Fsp3) is 0.167. The number of ether oxygens (including phenoxy) is 2. The van der Waals surface area contributed by atoms with Crippen molar-refractivity contribution in [2.45, 2.75) is 18.4 Å². The van der Waals surface area contributed by atoms with Crippen molar-refractivity contribution in [2.24, 2.45) is 4.99 Å². The largest absolute Gasteiger partial charge is 0.495 e. The number of amides is 1. The molecule has 34 heavy (non-hydrogen) atoms. The fourth-order valence-corrected chi connectivity index (χ4v) is 5.79. The van der Waals surface area contributed by atoms with Crippen LogP contribution in [0.2, 0.25) is 0 Å². The maximum absolute atomic E-state index is 13.0. The molecule has 0 aliphatic rings. The van der Waals surface area contributed by atoms with Gasteiger partial charge in [-0.3, -0.25) is 9.52 Å². The highest BCUT2D eigenvalue weighted by atomic mass is 32.2. The van der Waals surface area contributed by atoms with Crippen LogP contribution in [0.25, 0.3) is 10.2 Å². The lowest BCUT2D eigenvalue weighted by Gasteiger charge is -2.09. The number of aromatic nitrogens is 1. The predicted octanol–water partition coefficient (Wildman–Crippen LogP) is 4.28. The molecule has 0 atom stereocenters. The monoisotopic (exact) mass is 497 g/mol. The van der Waals surface area contributed by atoms with E-state index >= 15 is 0 Å². The number of sulfonamides is 1. The van der Waals surface area contributed by atoms with Gasteiger partial charge in [0.1, 0.15) is 21.7 Å². The normalized spacial score (nSPS) is 12.0. The second-order valence-corrected chi connectivity index (χ2v) is 9.85. The summed E-state index contributed by atoms with van der Waals surface area (Å²) < 4.78 is 41.5. The van der Waals surface area contributed by atoms with Crippen molar-refractivity contribution in [3.8, 4) is 11.5 Å². The Balaban J connectivity index is 1.73. The number of rotatable bonds is 7. The van der Waals surface area contributed by atoms with E-state index in [-0.39, 0.29) is 16.1 Å². The lowest BCUT2D eigenvalue weighted by atomic mass is 10.2. The number of carbonyl (C=O) groups is 1. The van der Waals surface area contributed by atoms with E-state index in [2.05, 4.69) is 9.71 Å². The number of aryl methyl sites for hydroxylation is 1. The predicted molar refractivity (Wildman–Crippen MR) is 132 cm³/mol. The third-order valence-electron chi connectivity index (χ3n) is 5.12. The molecule has 0 fully saturated rings. The van der Waals surface area contributed by atoms with Gasteiger partial charge >= 0.3 is 0 Å². The van der Waals surface area contributed by atoms with Crippen LogP contribution in [-0.4, -0.2) is 33.1 Å². The number of hydrogen-bond donors (Lipinski definition) is 1. The summed E-state index contributed by atoms with van der Waals surface area (Å²) in [5, 5.41) is 0. The third kappa shape index (κ3) is 4.55. The molecule has 1 amide bonds. The number of benzene rings is 3. The third-order valence-corrected chi connectivity index (χ3v) is 7.61. The summed E-state index contributed by atoms with van der Waals surface area (Å²) in [6, 6.07) is 17.9. The molecule has 0 aliphatic heterocycles. The van der Waals surface area contributed by atoms with Crippen LogP contribution in [0, 0.1) is 0 Å². The Morgan fingerprint density at radius 1 is 1.00 bits per heavy atom. The van der Waals surface area contributed by atoms with E-state index in [1.807, 2.05) is 23.6 Å². The van der Waals surface area contributed by atoms with Gasteiger partial charge < -0.3 is 14.0 Å². The van der Waals surface area contributed by atoms with Crippen molar-refractivity contribution in [1.29, 1.82) is 0 Å². The number of carbonyl (C=O) groups excluding carboxylic acids is 1. The van der Waals surface area contributed by atoms with Crippen LogP contribution in [0.4, 0.5) is 5.69 Å². The van der Waals surface area contributed by atoms with Gasteiger partial charge in [-0.05, 0) is 49.4 Å². The highest BCUT2D eigenvalue weighted by Crippen LogP contribution is 2.35. The summed E-state index contributed by atoms with van der Waals surface area (Å²) in [7, 11) is -0.609. The highest BCUT2D eigenvalue weighted by Gasteiger charge is 2.17. The molecule has 0 bridgehead atoms. The van der Waals surface area contributed by atoms with Gasteiger partial charge in [0.25, 0.3) is 15.9 Å². The minimum absolute atomic E-state index is 0.133. The van der Waals surface area contributed by atoms with E-state index in [4.69, 9.17) is 9.47 Å². The first kappa shape index (κ1) is 23.5. The summed E-state index contributed by atoms with van der Waals surface area (Å²) in [5.74, 6) is 0.821. The molecule has 0 unspecified atom stereocenters. The Bertz CT molecular complexity index is 1520. The molecule has 3 aromatic carbocycles. The molecule has 1 aromatic heterocycles. The zero-order valence-corrected chi connectivity index (χ0v) is 20.4. The summed E-state index contributed by atoms with van der Waals surface area (Å²) in [6.45, 7) is 2.51. The molecule has 4 rings (SSSR count). The molecule has 4 aromatic rings. The summed E-state index contributed by atoms with van der Waals surface area (Å²) >= 11 is 1.32. The van der Waals surface area contributed by atoms with Crippen molar-refractivity contribution in [3.63, 3.8) is 0 Å². The molecule has 10 heteroatoms. The van der Waals surface area contributed by atoms with Crippen LogP contribution >= 0.6 is 11.3 Å². The summed E-state index contributed by atoms with van der Waals surface area (Å²) in [4.78, 5) is 18.0. The number of anilines is 1. The van der Waals surface area contributed by atoms with E-state index in [1.165, 1.54) is 29.5 Å². The zero-order chi connectivity index (χ0) is 24.3. The van der Waals surface area contributed by atoms with Gasteiger partial charge in [0.2, 0.25) is 0 Å². The number of thiazole rings is 1. The molecule has 1 N–H and O–H groups in total. The zero-order valence-electron chi connectivity index (χ0n) is 18.8. The summed E-state index contributed by atoms with van der Waals surface area (Å²) in [5.41, 5.74) is 1.32. The average Bonchev–Trinajstić information content (AvgIpc) is 3.22. The molecule has 8 nitrogen and oxygen atoms in total. The number of hydrogen-bond acceptors (Lipinski definition) is 6. The molecule has 0 aliphatic carbocycles.